The molecule has 1 aromatic carbocycles. The summed E-state index contributed by atoms with van der Waals surface area (Å²) in [5.41, 5.74) is 0.732. The van der Waals surface area contributed by atoms with E-state index in [1.54, 1.807) is 6.92 Å². The Morgan fingerprint density at radius 1 is 1.38 bits per heavy atom. The summed E-state index contributed by atoms with van der Waals surface area (Å²) < 4.78 is 51.2. The molecule has 0 aromatic heterocycles. The molecule has 0 bridgehead atoms. The van der Waals surface area contributed by atoms with E-state index in [2.05, 4.69) is 0 Å². The second-order valence-electron chi connectivity index (χ2n) is 3.41. The molecule has 0 amide bonds. The minimum Gasteiger partial charge on any atom is -0.496 e. The average molecular weight is 250 g/mol. The Bertz CT molecular complexity index is 483. The Labute approximate surface area is 93.3 Å². The van der Waals surface area contributed by atoms with Crippen molar-refractivity contribution in [2.75, 3.05) is 12.9 Å². The Kier molecular flexibility index (Phi) is 3.85. The number of benzene rings is 1. The van der Waals surface area contributed by atoms with Crippen LogP contribution in [0.3, 0.4) is 0 Å². The lowest BCUT2D eigenvalue weighted by Crippen LogP contribution is -2.04. The minimum atomic E-state index is -4.55. The van der Waals surface area contributed by atoms with Crippen LogP contribution in [0.25, 0.3) is 0 Å². The van der Waals surface area contributed by atoms with Crippen LogP contribution in [0.2, 0.25) is 0 Å². The first-order valence-electron chi connectivity index (χ1n) is 4.59. The van der Waals surface area contributed by atoms with Crippen molar-refractivity contribution in [1.29, 1.82) is 0 Å². The van der Waals surface area contributed by atoms with Crippen LogP contribution < -0.4 is 4.74 Å². The molecule has 6 heteroatoms. The molecule has 0 aliphatic heterocycles. The Hall–Kier alpha value is -1.17. The molecular formula is C10H12F2O3S. The predicted molar refractivity (Wildman–Crippen MR) is 56.3 cm³/mol. The number of ether oxygens (including phenoxy) is 1. The molecule has 0 saturated carbocycles. The summed E-state index contributed by atoms with van der Waals surface area (Å²) in [7, 11) is -3.16. The van der Waals surface area contributed by atoms with Gasteiger partial charge in [-0.2, -0.15) is 8.42 Å². The van der Waals surface area contributed by atoms with E-state index in [0.29, 0.717) is 16.9 Å². The molecule has 1 aromatic rings. The first kappa shape index (κ1) is 12.9. The number of methoxy groups -OCH3 is 1. The SMILES string of the molecule is COc1cc(C)c(F)cc1CCS(=O)(=O)F. The van der Waals surface area contributed by atoms with Gasteiger partial charge in [-0.15, -0.1) is 3.89 Å². The molecule has 0 radical (unpaired) electrons. The lowest BCUT2D eigenvalue weighted by Gasteiger charge is -2.09. The van der Waals surface area contributed by atoms with Gasteiger partial charge >= 0.3 is 10.2 Å². The van der Waals surface area contributed by atoms with Gasteiger partial charge in [-0.1, -0.05) is 0 Å². The molecule has 16 heavy (non-hydrogen) atoms. The lowest BCUT2D eigenvalue weighted by atomic mass is 10.1. The number of hydrogen-bond acceptors (Lipinski definition) is 3. The van der Waals surface area contributed by atoms with E-state index < -0.39 is 21.8 Å². The van der Waals surface area contributed by atoms with Gasteiger partial charge in [0.2, 0.25) is 0 Å². The highest BCUT2D eigenvalue weighted by Crippen LogP contribution is 2.23. The van der Waals surface area contributed by atoms with Crippen molar-refractivity contribution in [2.45, 2.75) is 13.3 Å². The van der Waals surface area contributed by atoms with Crippen LogP contribution in [-0.2, 0) is 16.6 Å². The lowest BCUT2D eigenvalue weighted by molar-refractivity contribution is 0.408. The Morgan fingerprint density at radius 2 is 2.00 bits per heavy atom. The summed E-state index contributed by atoms with van der Waals surface area (Å²) >= 11 is 0. The fourth-order valence-corrected chi connectivity index (χ4v) is 1.78. The maximum absolute atomic E-state index is 13.2. The normalized spacial score (nSPS) is 11.5. The van der Waals surface area contributed by atoms with Crippen molar-refractivity contribution < 1.29 is 21.4 Å². The number of hydrogen-bond donors (Lipinski definition) is 0. The maximum Gasteiger partial charge on any atom is 0.302 e. The van der Waals surface area contributed by atoms with E-state index in [1.807, 2.05) is 0 Å². The molecule has 0 N–H and O–H groups in total. The Balaban J connectivity index is 2.99. The summed E-state index contributed by atoms with van der Waals surface area (Å²) in [5.74, 6) is -0.777. The quantitative estimate of drug-likeness (QED) is 0.767. The molecule has 0 fully saturated rings. The van der Waals surface area contributed by atoms with Gasteiger partial charge < -0.3 is 4.74 Å². The molecule has 0 unspecified atom stereocenters. The third-order valence-corrected chi connectivity index (χ3v) is 2.87. The summed E-state index contributed by atoms with van der Waals surface area (Å²) in [4.78, 5) is 0. The second kappa shape index (κ2) is 4.78. The molecule has 0 saturated heterocycles. The highest BCUT2D eigenvalue weighted by molar-refractivity contribution is 7.86. The van der Waals surface area contributed by atoms with Crippen LogP contribution in [0.4, 0.5) is 8.28 Å². The molecule has 1 rings (SSSR count). The van der Waals surface area contributed by atoms with Gasteiger partial charge in [0, 0.05) is 0 Å². The van der Waals surface area contributed by atoms with E-state index in [0.717, 1.165) is 0 Å². The second-order valence-corrected chi connectivity index (χ2v) is 4.89. The summed E-state index contributed by atoms with van der Waals surface area (Å²) in [6.07, 6.45) is -0.112. The third kappa shape index (κ3) is 3.44. The first-order chi connectivity index (χ1) is 7.33. The zero-order valence-corrected chi connectivity index (χ0v) is 9.77. The van der Waals surface area contributed by atoms with E-state index in [9.17, 15) is 16.7 Å². The number of aryl methyl sites for hydroxylation is 2. The molecule has 90 valence electrons. The highest BCUT2D eigenvalue weighted by atomic mass is 32.3. The van der Waals surface area contributed by atoms with Gasteiger partial charge in [0.25, 0.3) is 0 Å². The molecule has 0 atom stereocenters. The molecule has 3 nitrogen and oxygen atoms in total. The topological polar surface area (TPSA) is 43.4 Å². The van der Waals surface area contributed by atoms with Gasteiger partial charge in [-0.3, -0.25) is 0 Å². The van der Waals surface area contributed by atoms with Gasteiger partial charge in [0.05, 0.1) is 12.9 Å². The van der Waals surface area contributed by atoms with Gasteiger partial charge in [0.15, 0.2) is 0 Å². The van der Waals surface area contributed by atoms with E-state index in [1.165, 1.54) is 19.2 Å². The van der Waals surface area contributed by atoms with Crippen LogP contribution >= 0.6 is 0 Å². The molecule has 0 heterocycles. The highest BCUT2D eigenvalue weighted by Gasteiger charge is 2.12. The van der Waals surface area contributed by atoms with E-state index >= 15 is 0 Å². The van der Waals surface area contributed by atoms with Crippen LogP contribution in [0.1, 0.15) is 11.1 Å². The van der Waals surface area contributed by atoms with Crippen molar-refractivity contribution in [3.63, 3.8) is 0 Å². The third-order valence-electron chi connectivity index (χ3n) is 2.18. The molecule has 0 aliphatic carbocycles. The van der Waals surface area contributed by atoms with Crippen LogP contribution in [0, 0.1) is 12.7 Å². The van der Waals surface area contributed by atoms with Gasteiger partial charge in [-0.05, 0) is 36.6 Å². The Morgan fingerprint density at radius 3 is 2.50 bits per heavy atom. The van der Waals surface area contributed by atoms with Gasteiger partial charge in [0.1, 0.15) is 11.6 Å². The zero-order chi connectivity index (χ0) is 12.3. The van der Waals surface area contributed by atoms with Crippen molar-refractivity contribution in [3.05, 3.63) is 29.1 Å². The summed E-state index contributed by atoms with van der Waals surface area (Å²) in [6.45, 7) is 1.56. The molecule has 0 spiro atoms. The van der Waals surface area contributed by atoms with Gasteiger partial charge in [-0.25, -0.2) is 4.39 Å². The maximum atomic E-state index is 13.2. The predicted octanol–water partition coefficient (Wildman–Crippen LogP) is 1.98. The standard InChI is InChI=1S/C10H12F2O3S/c1-7-5-10(15-2)8(6-9(7)11)3-4-16(12,13)14/h5-6H,3-4H2,1-2H3. The number of rotatable bonds is 4. The largest absolute Gasteiger partial charge is 0.496 e. The zero-order valence-electron chi connectivity index (χ0n) is 8.96. The van der Waals surface area contributed by atoms with E-state index in [4.69, 9.17) is 4.74 Å². The summed E-state index contributed by atoms with van der Waals surface area (Å²) in [5, 5.41) is 0. The van der Waals surface area contributed by atoms with E-state index in [-0.39, 0.29) is 6.42 Å². The average Bonchev–Trinajstić information content (AvgIpc) is 2.18. The number of halogens is 2. The monoisotopic (exact) mass is 250 g/mol. The fraction of sp³-hybridized carbons (Fsp3) is 0.400. The van der Waals surface area contributed by atoms with Crippen molar-refractivity contribution in [1.82, 2.24) is 0 Å². The van der Waals surface area contributed by atoms with Crippen LogP contribution in [0.5, 0.6) is 5.75 Å². The van der Waals surface area contributed by atoms with Crippen LogP contribution in [-0.4, -0.2) is 21.3 Å². The smallest absolute Gasteiger partial charge is 0.302 e. The molecule has 0 aliphatic rings. The molecular weight excluding hydrogens is 238 g/mol. The first-order valence-corrected chi connectivity index (χ1v) is 6.14. The van der Waals surface area contributed by atoms with Crippen molar-refractivity contribution >= 4 is 10.2 Å². The fourth-order valence-electron chi connectivity index (χ4n) is 1.31. The minimum absolute atomic E-state index is 0.112. The van der Waals surface area contributed by atoms with Crippen molar-refractivity contribution in [2.24, 2.45) is 0 Å². The summed E-state index contributed by atoms with van der Waals surface area (Å²) in [6, 6.07) is 2.62. The van der Waals surface area contributed by atoms with Crippen LogP contribution in [0.15, 0.2) is 12.1 Å². The van der Waals surface area contributed by atoms with Crippen molar-refractivity contribution in [3.8, 4) is 5.75 Å².